The van der Waals surface area contributed by atoms with Crippen LogP contribution in [0, 0.1) is 0 Å². The second-order valence-corrected chi connectivity index (χ2v) is 8.41. The molecule has 2 aromatic heterocycles. The molecule has 0 aliphatic carbocycles. The lowest BCUT2D eigenvalue weighted by atomic mass is 10.2. The molecular weight excluding hydrogens is 376 g/mol. The summed E-state index contributed by atoms with van der Waals surface area (Å²) in [5.41, 5.74) is 2.19. The second kappa shape index (κ2) is 9.19. The minimum absolute atomic E-state index is 0.00693. The van der Waals surface area contributed by atoms with Gasteiger partial charge in [-0.15, -0.1) is 21.5 Å². The first-order valence-electron chi connectivity index (χ1n) is 9.04. The average molecular weight is 401 g/mol. The van der Waals surface area contributed by atoms with Gasteiger partial charge in [-0.2, -0.15) is 0 Å². The lowest BCUT2D eigenvalue weighted by Crippen LogP contribution is -2.24. The highest BCUT2D eigenvalue weighted by Crippen LogP contribution is 2.30. The predicted octanol–water partition coefficient (Wildman–Crippen LogP) is 4.56. The molecule has 1 amide bonds. The van der Waals surface area contributed by atoms with Crippen molar-refractivity contribution in [2.24, 2.45) is 0 Å². The van der Waals surface area contributed by atoms with E-state index in [1.165, 1.54) is 16.6 Å². The third kappa shape index (κ3) is 4.99. The van der Waals surface area contributed by atoms with E-state index in [4.69, 9.17) is 0 Å². The molecule has 0 radical (unpaired) electrons. The fourth-order valence-corrected chi connectivity index (χ4v) is 4.41. The number of hydrogen-bond donors (Lipinski definition) is 1. The van der Waals surface area contributed by atoms with Gasteiger partial charge in [0.15, 0.2) is 11.0 Å². The largest absolute Gasteiger partial charge is 0.351 e. The highest BCUT2D eigenvalue weighted by Gasteiger charge is 2.18. The molecule has 1 aromatic carbocycles. The molecule has 27 heavy (non-hydrogen) atoms. The predicted molar refractivity (Wildman–Crippen MR) is 112 cm³/mol. The van der Waals surface area contributed by atoms with Crippen LogP contribution in [0.4, 0.5) is 0 Å². The lowest BCUT2D eigenvalue weighted by molar-refractivity contribution is -0.118. The Hall–Kier alpha value is -2.12. The van der Waals surface area contributed by atoms with Gasteiger partial charge in [0.25, 0.3) is 0 Å². The van der Waals surface area contributed by atoms with Crippen molar-refractivity contribution in [3.8, 4) is 11.4 Å². The number of thiophene rings is 1. The summed E-state index contributed by atoms with van der Waals surface area (Å²) in [5.74, 6) is 1.18. The van der Waals surface area contributed by atoms with Crippen LogP contribution in [-0.4, -0.2) is 26.4 Å². The highest BCUT2D eigenvalue weighted by atomic mass is 32.2. The molecule has 0 bridgehead atoms. The van der Waals surface area contributed by atoms with Crippen LogP contribution in [0.5, 0.6) is 0 Å². The van der Waals surface area contributed by atoms with Gasteiger partial charge in [-0.1, -0.05) is 49.0 Å². The van der Waals surface area contributed by atoms with Gasteiger partial charge in [-0.25, -0.2) is 0 Å². The van der Waals surface area contributed by atoms with Crippen LogP contribution in [0.25, 0.3) is 11.4 Å². The van der Waals surface area contributed by atoms with Crippen LogP contribution in [-0.2, 0) is 17.8 Å². The fraction of sp³-hybridized carbons (Fsp3) is 0.350. The van der Waals surface area contributed by atoms with Gasteiger partial charge in [0, 0.05) is 28.4 Å². The maximum Gasteiger partial charge on any atom is 0.230 e. The van der Waals surface area contributed by atoms with Crippen molar-refractivity contribution in [1.29, 1.82) is 0 Å². The number of carbonyl (C=O) groups is 1. The van der Waals surface area contributed by atoms with Gasteiger partial charge in [-0.05, 0) is 31.9 Å². The average Bonchev–Trinajstić information content (AvgIpc) is 3.32. The maximum atomic E-state index is 12.2. The second-order valence-electron chi connectivity index (χ2n) is 6.48. The summed E-state index contributed by atoms with van der Waals surface area (Å²) in [7, 11) is 0. The number of nitrogens with zero attached hydrogens (tertiary/aromatic N) is 3. The van der Waals surface area contributed by atoms with Crippen molar-refractivity contribution in [3.63, 3.8) is 0 Å². The maximum absolute atomic E-state index is 12.2. The molecule has 1 N–H and O–H groups in total. The van der Waals surface area contributed by atoms with E-state index in [1.54, 1.807) is 11.3 Å². The van der Waals surface area contributed by atoms with Crippen molar-refractivity contribution < 1.29 is 4.79 Å². The van der Waals surface area contributed by atoms with E-state index in [0.29, 0.717) is 12.3 Å². The van der Waals surface area contributed by atoms with Crippen LogP contribution >= 0.6 is 23.1 Å². The highest BCUT2D eigenvalue weighted by molar-refractivity contribution is 7.99. The summed E-state index contributed by atoms with van der Waals surface area (Å²) in [6, 6.07) is 12.3. The van der Waals surface area contributed by atoms with E-state index >= 15 is 0 Å². The number of aromatic nitrogens is 3. The minimum atomic E-state index is -0.00693. The van der Waals surface area contributed by atoms with Crippen molar-refractivity contribution in [1.82, 2.24) is 20.1 Å². The molecule has 3 rings (SSSR count). The normalized spacial score (nSPS) is 11.1. The van der Waals surface area contributed by atoms with Crippen LogP contribution in [0.2, 0.25) is 0 Å². The van der Waals surface area contributed by atoms with E-state index in [-0.39, 0.29) is 11.9 Å². The third-order valence-corrected chi connectivity index (χ3v) is 6.13. The van der Waals surface area contributed by atoms with E-state index in [1.807, 2.05) is 30.3 Å². The number of amides is 1. The zero-order valence-electron chi connectivity index (χ0n) is 15.8. The Bertz CT molecular complexity index is 887. The molecule has 0 aliphatic rings. The third-order valence-electron chi connectivity index (χ3n) is 4.11. The summed E-state index contributed by atoms with van der Waals surface area (Å²) in [6.45, 7) is 6.91. The summed E-state index contributed by atoms with van der Waals surface area (Å²) < 4.78 is 2.11. The first-order valence-corrected chi connectivity index (χ1v) is 10.9. The zero-order valence-corrected chi connectivity index (χ0v) is 17.4. The Morgan fingerprint density at radius 2 is 2.04 bits per heavy atom. The Labute approximate surface area is 168 Å². The van der Waals surface area contributed by atoms with Gasteiger partial charge in [0.05, 0.1) is 5.75 Å². The molecular formula is C20H24N4OS2. The quantitative estimate of drug-likeness (QED) is 0.563. The molecule has 0 aliphatic heterocycles. The Kier molecular flexibility index (Phi) is 6.68. The minimum Gasteiger partial charge on any atom is -0.351 e. The topological polar surface area (TPSA) is 59.8 Å². The molecule has 7 heteroatoms. The number of thioether (sulfide) groups is 1. The zero-order chi connectivity index (χ0) is 19.2. The molecule has 142 valence electrons. The molecule has 5 nitrogen and oxygen atoms in total. The fourth-order valence-electron chi connectivity index (χ4n) is 2.70. The van der Waals surface area contributed by atoms with E-state index < -0.39 is 0 Å². The van der Waals surface area contributed by atoms with Gasteiger partial charge >= 0.3 is 0 Å². The first kappa shape index (κ1) is 19.6. The Morgan fingerprint density at radius 3 is 2.70 bits per heavy atom. The van der Waals surface area contributed by atoms with Crippen molar-refractivity contribution >= 4 is 29.0 Å². The summed E-state index contributed by atoms with van der Waals surface area (Å²) in [5, 5.41) is 14.6. The Morgan fingerprint density at radius 1 is 1.26 bits per heavy atom. The summed E-state index contributed by atoms with van der Waals surface area (Å²) >= 11 is 3.17. The molecule has 0 fully saturated rings. The van der Waals surface area contributed by atoms with Crippen LogP contribution in [0.15, 0.2) is 46.9 Å². The van der Waals surface area contributed by atoms with Crippen LogP contribution in [0.3, 0.4) is 0 Å². The summed E-state index contributed by atoms with van der Waals surface area (Å²) in [4.78, 5) is 13.5. The monoisotopic (exact) mass is 400 g/mol. The molecule has 2 heterocycles. The van der Waals surface area contributed by atoms with Gasteiger partial charge < -0.3 is 5.32 Å². The lowest BCUT2D eigenvalue weighted by Gasteiger charge is -2.13. The number of rotatable bonds is 8. The van der Waals surface area contributed by atoms with Crippen LogP contribution in [0.1, 0.15) is 37.3 Å². The molecule has 0 saturated carbocycles. The van der Waals surface area contributed by atoms with Crippen molar-refractivity contribution in [2.75, 3.05) is 5.75 Å². The number of carbonyl (C=O) groups excluding carboxylic acids is 1. The van der Waals surface area contributed by atoms with Gasteiger partial charge in [-0.3, -0.25) is 9.36 Å². The smallest absolute Gasteiger partial charge is 0.230 e. The number of nitrogens with one attached hydrogen (secondary N) is 1. The molecule has 0 spiro atoms. The molecule has 0 unspecified atom stereocenters. The SMILES string of the molecule is CCc1cc(-c2nnc(SCC(=O)NCc3ccccc3)n2C(C)C)cs1. The summed E-state index contributed by atoms with van der Waals surface area (Å²) in [6.07, 6.45) is 1.02. The van der Waals surface area contributed by atoms with Gasteiger partial charge in [0.2, 0.25) is 5.91 Å². The van der Waals surface area contributed by atoms with Crippen LogP contribution < -0.4 is 5.32 Å². The molecule has 0 atom stereocenters. The Balaban J connectivity index is 1.65. The van der Waals surface area contributed by atoms with Crippen molar-refractivity contribution in [2.45, 2.75) is 44.9 Å². The standard InChI is InChI=1S/C20H24N4OS2/c1-4-17-10-16(12-26-17)19-22-23-20(24(19)14(2)3)27-13-18(25)21-11-15-8-6-5-7-9-15/h5-10,12,14H,4,11,13H2,1-3H3,(H,21,25). The molecule has 0 saturated heterocycles. The number of hydrogen-bond acceptors (Lipinski definition) is 5. The van der Waals surface area contributed by atoms with E-state index in [2.05, 4.69) is 52.3 Å². The molecule has 3 aromatic rings. The van der Waals surface area contributed by atoms with E-state index in [0.717, 1.165) is 28.5 Å². The number of aryl methyl sites for hydroxylation is 1. The van der Waals surface area contributed by atoms with Gasteiger partial charge in [0.1, 0.15) is 0 Å². The number of benzene rings is 1. The van der Waals surface area contributed by atoms with Crippen molar-refractivity contribution in [3.05, 3.63) is 52.2 Å². The first-order chi connectivity index (χ1) is 13.1. The van der Waals surface area contributed by atoms with E-state index in [9.17, 15) is 4.79 Å².